The first-order chi connectivity index (χ1) is 10.2. The van der Waals surface area contributed by atoms with Crippen LogP contribution in [-0.2, 0) is 14.2 Å². The molecule has 2 aliphatic heterocycles. The van der Waals surface area contributed by atoms with Crippen LogP contribution in [0.25, 0.3) is 0 Å². The van der Waals surface area contributed by atoms with Gasteiger partial charge in [-0.15, -0.1) is 0 Å². The van der Waals surface area contributed by atoms with Gasteiger partial charge in [-0.05, 0) is 12.8 Å². The van der Waals surface area contributed by atoms with Crippen LogP contribution < -0.4 is 0 Å². The molecule has 2 rings (SSSR count). The summed E-state index contributed by atoms with van der Waals surface area (Å²) in [6, 6.07) is 0. The van der Waals surface area contributed by atoms with Crippen LogP contribution in [0.3, 0.4) is 0 Å². The molecule has 2 fully saturated rings. The highest BCUT2D eigenvalue weighted by Gasteiger charge is 2.47. The fourth-order valence-corrected chi connectivity index (χ4v) is 2.97. The highest BCUT2D eigenvalue weighted by atomic mass is 16.6. The van der Waals surface area contributed by atoms with E-state index in [1.807, 2.05) is 0 Å². The molecule has 0 bridgehead atoms. The van der Waals surface area contributed by atoms with Crippen molar-refractivity contribution >= 4 is 0 Å². The van der Waals surface area contributed by atoms with Crippen LogP contribution in [0.4, 0.5) is 0 Å². The third-order valence-corrected chi connectivity index (χ3v) is 4.81. The summed E-state index contributed by atoms with van der Waals surface area (Å²) < 4.78 is 17.3. The molecule has 0 aromatic carbocycles. The summed E-state index contributed by atoms with van der Waals surface area (Å²) in [4.78, 5) is 0. The van der Waals surface area contributed by atoms with Gasteiger partial charge in [0.15, 0.2) is 0 Å². The Hall–Kier alpha value is -0.120. The molecule has 0 spiro atoms. The largest absolute Gasteiger partial charge is 0.375 e. The Bertz CT molecular complexity index is 254. The molecular weight excluding hydrogens is 264 g/mol. The van der Waals surface area contributed by atoms with Crippen molar-refractivity contribution in [3.05, 3.63) is 0 Å². The second kappa shape index (κ2) is 8.50. The molecule has 2 unspecified atom stereocenters. The van der Waals surface area contributed by atoms with Gasteiger partial charge in [0.05, 0.1) is 26.4 Å². The highest BCUT2D eigenvalue weighted by molar-refractivity contribution is 4.95. The van der Waals surface area contributed by atoms with Crippen molar-refractivity contribution in [2.24, 2.45) is 0 Å². The van der Waals surface area contributed by atoms with Crippen LogP contribution in [0.15, 0.2) is 0 Å². The normalized spacial score (nSPS) is 30.6. The lowest BCUT2D eigenvalue weighted by molar-refractivity contribution is 0.0361. The molecule has 0 N–H and O–H groups in total. The Morgan fingerprint density at radius 3 is 1.48 bits per heavy atom. The Balaban J connectivity index is 1.52. The Morgan fingerprint density at radius 1 is 0.714 bits per heavy atom. The summed E-state index contributed by atoms with van der Waals surface area (Å²) in [6.45, 7) is 7.82. The molecule has 21 heavy (non-hydrogen) atoms. The fraction of sp³-hybridized carbons (Fsp3) is 1.00. The Kier molecular flexibility index (Phi) is 6.97. The molecule has 3 heteroatoms. The molecule has 3 nitrogen and oxygen atoms in total. The molecule has 0 aromatic heterocycles. The lowest BCUT2D eigenvalue weighted by Gasteiger charge is -2.16. The van der Waals surface area contributed by atoms with Gasteiger partial charge >= 0.3 is 0 Å². The van der Waals surface area contributed by atoms with E-state index in [-0.39, 0.29) is 11.2 Å². The third-order valence-electron chi connectivity index (χ3n) is 4.81. The fourth-order valence-electron chi connectivity index (χ4n) is 2.97. The Morgan fingerprint density at radius 2 is 1.14 bits per heavy atom. The zero-order valence-corrected chi connectivity index (χ0v) is 14.1. The first kappa shape index (κ1) is 17.2. The van der Waals surface area contributed by atoms with Gasteiger partial charge in [-0.3, -0.25) is 0 Å². The summed E-state index contributed by atoms with van der Waals surface area (Å²) in [5.74, 6) is 0. The average molecular weight is 298 g/mol. The molecule has 0 aliphatic carbocycles. The smallest absolute Gasteiger partial charge is 0.115 e. The van der Waals surface area contributed by atoms with E-state index in [1.54, 1.807) is 0 Å². The summed E-state index contributed by atoms with van der Waals surface area (Å²) in [6.07, 6.45) is 12.8. The maximum Gasteiger partial charge on any atom is 0.115 e. The third kappa shape index (κ3) is 6.25. The lowest BCUT2D eigenvalue weighted by Crippen LogP contribution is -2.26. The highest BCUT2D eigenvalue weighted by Crippen LogP contribution is 2.36. The zero-order chi connectivity index (χ0) is 15.0. The van der Waals surface area contributed by atoms with Crippen LogP contribution in [0.2, 0.25) is 0 Å². The number of rotatable bonds is 14. The molecule has 2 saturated heterocycles. The van der Waals surface area contributed by atoms with E-state index in [0.29, 0.717) is 0 Å². The topological polar surface area (TPSA) is 34.3 Å². The Labute approximate surface area is 130 Å². The van der Waals surface area contributed by atoms with Crippen LogP contribution in [0.5, 0.6) is 0 Å². The van der Waals surface area contributed by atoms with Gasteiger partial charge in [0.2, 0.25) is 0 Å². The van der Waals surface area contributed by atoms with E-state index in [9.17, 15) is 0 Å². The number of hydrogen-bond donors (Lipinski definition) is 0. The van der Waals surface area contributed by atoms with Crippen molar-refractivity contribution in [1.29, 1.82) is 0 Å². The van der Waals surface area contributed by atoms with E-state index in [4.69, 9.17) is 14.2 Å². The van der Waals surface area contributed by atoms with E-state index < -0.39 is 0 Å². The summed E-state index contributed by atoms with van der Waals surface area (Å²) >= 11 is 0. The second-order valence-electron chi connectivity index (χ2n) is 7.06. The molecular formula is C18H34O3. The lowest BCUT2D eigenvalue weighted by atomic mass is 10.0. The van der Waals surface area contributed by atoms with Gasteiger partial charge in [-0.2, -0.15) is 0 Å². The minimum Gasteiger partial charge on any atom is -0.375 e. The quantitative estimate of drug-likeness (QED) is 0.350. The van der Waals surface area contributed by atoms with Gasteiger partial charge in [0, 0.05) is 0 Å². The molecule has 0 aromatic rings. The molecule has 124 valence electrons. The maximum atomic E-state index is 5.95. The second-order valence-corrected chi connectivity index (χ2v) is 7.06. The minimum atomic E-state index is 0.0615. The van der Waals surface area contributed by atoms with Gasteiger partial charge in [-0.1, -0.05) is 65.2 Å². The maximum absolute atomic E-state index is 5.95. The van der Waals surface area contributed by atoms with Gasteiger partial charge < -0.3 is 14.2 Å². The van der Waals surface area contributed by atoms with Crippen molar-refractivity contribution < 1.29 is 14.2 Å². The van der Waals surface area contributed by atoms with Gasteiger partial charge in [0.1, 0.15) is 11.2 Å². The van der Waals surface area contributed by atoms with Crippen LogP contribution >= 0.6 is 0 Å². The standard InChI is InChI=1S/C18H34O3/c1-3-5-7-9-11-17(15-20-17)13-19-14-18(16-21-18)12-10-8-6-4-2/h3-16H2,1-2H3. The number of unbranched alkanes of at least 4 members (excludes halogenated alkanes) is 6. The summed E-state index contributed by atoms with van der Waals surface area (Å²) in [7, 11) is 0. The molecule has 2 atom stereocenters. The molecule has 0 radical (unpaired) electrons. The van der Waals surface area contributed by atoms with E-state index >= 15 is 0 Å². The van der Waals surface area contributed by atoms with Crippen molar-refractivity contribution in [2.45, 2.75) is 89.3 Å². The van der Waals surface area contributed by atoms with Crippen molar-refractivity contribution in [3.8, 4) is 0 Å². The SMILES string of the molecule is CCCCCCC1(COCC2(CCCCCC)CO2)CO1. The molecule has 2 heterocycles. The minimum absolute atomic E-state index is 0.0615. The van der Waals surface area contributed by atoms with Crippen molar-refractivity contribution in [1.82, 2.24) is 0 Å². The first-order valence-corrected chi connectivity index (χ1v) is 9.10. The number of ether oxygens (including phenoxy) is 3. The first-order valence-electron chi connectivity index (χ1n) is 9.10. The average Bonchev–Trinajstić information content (AvgIpc) is 3.39. The van der Waals surface area contributed by atoms with Crippen molar-refractivity contribution in [2.75, 3.05) is 26.4 Å². The van der Waals surface area contributed by atoms with Crippen LogP contribution in [0.1, 0.15) is 78.1 Å². The molecule has 0 amide bonds. The van der Waals surface area contributed by atoms with E-state index in [0.717, 1.165) is 39.3 Å². The molecule has 2 aliphatic rings. The zero-order valence-electron chi connectivity index (χ0n) is 14.1. The summed E-state index contributed by atoms with van der Waals surface area (Å²) in [5.41, 5.74) is 0.123. The van der Waals surface area contributed by atoms with Gasteiger partial charge in [-0.25, -0.2) is 0 Å². The van der Waals surface area contributed by atoms with Gasteiger partial charge in [0.25, 0.3) is 0 Å². The monoisotopic (exact) mass is 298 g/mol. The van der Waals surface area contributed by atoms with Crippen LogP contribution in [0, 0.1) is 0 Å². The predicted octanol–water partition coefficient (Wildman–Crippen LogP) is 4.48. The molecule has 0 saturated carbocycles. The number of hydrogen-bond acceptors (Lipinski definition) is 3. The predicted molar refractivity (Wildman–Crippen MR) is 85.7 cm³/mol. The summed E-state index contributed by atoms with van der Waals surface area (Å²) in [5, 5.41) is 0. The van der Waals surface area contributed by atoms with Crippen LogP contribution in [-0.4, -0.2) is 37.6 Å². The van der Waals surface area contributed by atoms with E-state index in [2.05, 4.69) is 13.8 Å². The number of epoxide rings is 2. The van der Waals surface area contributed by atoms with Crippen molar-refractivity contribution in [3.63, 3.8) is 0 Å². The van der Waals surface area contributed by atoms with E-state index in [1.165, 1.54) is 51.4 Å².